The lowest BCUT2D eigenvalue weighted by Gasteiger charge is -2.31. The highest BCUT2D eigenvalue weighted by Crippen LogP contribution is 2.24. The summed E-state index contributed by atoms with van der Waals surface area (Å²) in [5, 5.41) is 2.92. The van der Waals surface area contributed by atoms with Gasteiger partial charge in [-0.3, -0.25) is 4.79 Å². The SMILES string of the molecule is COc1ccc(C(=O)C2CCN(C(=O)Nc3cccc(COc4cccc(F)c4)c3)CC2)cc1. The van der Waals surface area contributed by atoms with Crippen LogP contribution in [0.2, 0.25) is 0 Å². The van der Waals surface area contributed by atoms with Crippen LogP contribution in [0.4, 0.5) is 14.9 Å². The largest absolute Gasteiger partial charge is 0.497 e. The number of amides is 2. The lowest BCUT2D eigenvalue weighted by molar-refractivity contribution is 0.0859. The molecule has 0 spiro atoms. The number of ether oxygens (including phenoxy) is 2. The number of hydrogen-bond donors (Lipinski definition) is 1. The second-order valence-electron chi connectivity index (χ2n) is 8.23. The molecule has 176 valence electrons. The Bertz CT molecular complexity index is 1140. The third-order valence-electron chi connectivity index (χ3n) is 5.91. The van der Waals surface area contributed by atoms with E-state index >= 15 is 0 Å². The number of nitrogens with zero attached hydrogens (tertiary/aromatic N) is 1. The smallest absolute Gasteiger partial charge is 0.321 e. The van der Waals surface area contributed by atoms with Crippen molar-refractivity contribution in [3.05, 3.63) is 89.7 Å². The molecule has 3 aromatic carbocycles. The third kappa shape index (κ3) is 5.92. The first-order chi connectivity index (χ1) is 16.5. The molecule has 1 N–H and O–H groups in total. The van der Waals surface area contributed by atoms with E-state index in [0.717, 1.165) is 5.56 Å². The fourth-order valence-corrected chi connectivity index (χ4v) is 4.00. The average molecular weight is 463 g/mol. The first-order valence-corrected chi connectivity index (χ1v) is 11.2. The molecule has 7 heteroatoms. The minimum Gasteiger partial charge on any atom is -0.497 e. The Morgan fingerprint density at radius 2 is 1.71 bits per heavy atom. The molecule has 2 amide bonds. The molecule has 34 heavy (non-hydrogen) atoms. The van der Waals surface area contributed by atoms with Gasteiger partial charge in [0.2, 0.25) is 0 Å². The quantitative estimate of drug-likeness (QED) is 0.468. The molecule has 0 aromatic heterocycles. The summed E-state index contributed by atoms with van der Waals surface area (Å²) in [4.78, 5) is 27.3. The number of rotatable bonds is 7. The highest BCUT2D eigenvalue weighted by molar-refractivity contribution is 5.98. The lowest BCUT2D eigenvalue weighted by Crippen LogP contribution is -2.42. The third-order valence-corrected chi connectivity index (χ3v) is 5.91. The highest BCUT2D eigenvalue weighted by Gasteiger charge is 2.28. The zero-order valence-electron chi connectivity index (χ0n) is 19.0. The number of ketones is 1. The van der Waals surface area contributed by atoms with Crippen LogP contribution in [0.5, 0.6) is 11.5 Å². The summed E-state index contributed by atoms with van der Waals surface area (Å²) >= 11 is 0. The maximum absolute atomic E-state index is 13.3. The number of Topliss-reactive ketones (excluding diaryl/α,β-unsaturated/α-hetero) is 1. The predicted molar refractivity (Wildman–Crippen MR) is 128 cm³/mol. The van der Waals surface area contributed by atoms with E-state index in [2.05, 4.69) is 5.32 Å². The number of piperidine rings is 1. The van der Waals surface area contributed by atoms with E-state index in [-0.39, 0.29) is 30.2 Å². The van der Waals surface area contributed by atoms with Gasteiger partial charge in [0.15, 0.2) is 5.78 Å². The van der Waals surface area contributed by atoms with E-state index in [1.807, 2.05) is 24.3 Å². The van der Waals surface area contributed by atoms with Crippen molar-refractivity contribution < 1.29 is 23.5 Å². The molecule has 4 rings (SSSR count). The van der Waals surface area contributed by atoms with Gasteiger partial charge in [0.1, 0.15) is 23.9 Å². The summed E-state index contributed by atoms with van der Waals surface area (Å²) in [5.74, 6) is 0.816. The van der Waals surface area contributed by atoms with Crippen molar-refractivity contribution in [1.82, 2.24) is 4.90 Å². The molecule has 0 unspecified atom stereocenters. The lowest BCUT2D eigenvalue weighted by atomic mass is 9.89. The normalized spacial score (nSPS) is 13.9. The number of benzene rings is 3. The Morgan fingerprint density at radius 1 is 0.971 bits per heavy atom. The molecule has 0 radical (unpaired) electrons. The van der Waals surface area contributed by atoms with Crippen molar-refractivity contribution in [2.24, 2.45) is 5.92 Å². The zero-order chi connectivity index (χ0) is 23.9. The number of methoxy groups -OCH3 is 1. The molecular formula is C27H27FN2O4. The van der Waals surface area contributed by atoms with E-state index < -0.39 is 0 Å². The standard InChI is InChI=1S/C27H27FN2O4/c1-33-24-10-8-20(9-11-24)26(31)21-12-14-30(15-13-21)27(32)29-23-6-2-4-19(16-23)18-34-25-7-3-5-22(28)17-25/h2-11,16-17,21H,12-15,18H2,1H3,(H,29,32). The Balaban J connectivity index is 1.28. The van der Waals surface area contributed by atoms with Gasteiger partial charge >= 0.3 is 6.03 Å². The molecule has 1 heterocycles. The zero-order valence-corrected chi connectivity index (χ0v) is 19.0. The molecule has 3 aromatic rings. The van der Waals surface area contributed by atoms with E-state index in [0.29, 0.717) is 48.7 Å². The van der Waals surface area contributed by atoms with Gasteiger partial charge in [0.25, 0.3) is 0 Å². The summed E-state index contributed by atoms with van der Waals surface area (Å²) in [6, 6.07) is 20.3. The second-order valence-corrected chi connectivity index (χ2v) is 8.23. The van der Waals surface area contributed by atoms with Crippen LogP contribution in [-0.2, 0) is 6.61 Å². The van der Waals surface area contributed by atoms with Gasteiger partial charge in [-0.1, -0.05) is 18.2 Å². The van der Waals surface area contributed by atoms with Gasteiger partial charge in [0.05, 0.1) is 7.11 Å². The minimum absolute atomic E-state index is 0.0965. The molecule has 1 aliphatic rings. The van der Waals surface area contributed by atoms with Crippen molar-refractivity contribution in [2.75, 3.05) is 25.5 Å². The number of nitrogens with one attached hydrogen (secondary N) is 1. The van der Waals surface area contributed by atoms with Crippen LogP contribution in [0, 0.1) is 11.7 Å². The number of halogens is 1. The molecule has 0 saturated carbocycles. The molecule has 1 saturated heterocycles. The van der Waals surface area contributed by atoms with Gasteiger partial charge in [0, 0.05) is 36.3 Å². The predicted octanol–water partition coefficient (Wildman–Crippen LogP) is 5.54. The Kier molecular flexibility index (Phi) is 7.42. The monoisotopic (exact) mass is 462 g/mol. The first kappa shape index (κ1) is 23.3. The maximum Gasteiger partial charge on any atom is 0.321 e. The van der Waals surface area contributed by atoms with Crippen molar-refractivity contribution in [2.45, 2.75) is 19.4 Å². The molecule has 1 aliphatic heterocycles. The molecular weight excluding hydrogens is 435 g/mol. The van der Waals surface area contributed by atoms with Crippen LogP contribution in [0.1, 0.15) is 28.8 Å². The summed E-state index contributed by atoms with van der Waals surface area (Å²) < 4.78 is 24.1. The van der Waals surface area contributed by atoms with Gasteiger partial charge in [-0.05, 0) is 66.9 Å². The number of carbonyl (C=O) groups excluding carboxylic acids is 2. The number of anilines is 1. The Morgan fingerprint density at radius 3 is 2.41 bits per heavy atom. The van der Waals surface area contributed by atoms with E-state index in [1.165, 1.54) is 12.1 Å². The first-order valence-electron chi connectivity index (χ1n) is 11.2. The van der Waals surface area contributed by atoms with Gasteiger partial charge in [-0.25, -0.2) is 9.18 Å². The summed E-state index contributed by atoms with van der Waals surface area (Å²) in [7, 11) is 1.59. The van der Waals surface area contributed by atoms with Crippen LogP contribution in [-0.4, -0.2) is 36.9 Å². The number of urea groups is 1. The van der Waals surface area contributed by atoms with Crippen molar-refractivity contribution in [3.63, 3.8) is 0 Å². The summed E-state index contributed by atoms with van der Waals surface area (Å²) in [6.07, 6.45) is 1.25. The van der Waals surface area contributed by atoms with E-state index in [4.69, 9.17) is 9.47 Å². The van der Waals surface area contributed by atoms with E-state index in [9.17, 15) is 14.0 Å². The maximum atomic E-state index is 13.3. The van der Waals surface area contributed by atoms with Crippen LogP contribution in [0.3, 0.4) is 0 Å². The molecule has 0 atom stereocenters. The van der Waals surface area contributed by atoms with Crippen LogP contribution in [0.25, 0.3) is 0 Å². The number of carbonyl (C=O) groups is 2. The number of likely N-dealkylation sites (tertiary alicyclic amines) is 1. The summed E-state index contributed by atoms with van der Waals surface area (Å²) in [5.41, 5.74) is 2.17. The second kappa shape index (κ2) is 10.8. The van der Waals surface area contributed by atoms with Crippen molar-refractivity contribution in [3.8, 4) is 11.5 Å². The fourth-order valence-electron chi connectivity index (χ4n) is 4.00. The topological polar surface area (TPSA) is 67.9 Å². The fraction of sp³-hybridized carbons (Fsp3) is 0.259. The van der Waals surface area contributed by atoms with Gasteiger partial charge < -0.3 is 19.7 Å². The average Bonchev–Trinajstić information content (AvgIpc) is 2.87. The minimum atomic E-state index is -0.354. The van der Waals surface area contributed by atoms with E-state index in [1.54, 1.807) is 48.4 Å². The number of hydrogen-bond acceptors (Lipinski definition) is 4. The molecule has 0 bridgehead atoms. The highest BCUT2D eigenvalue weighted by atomic mass is 19.1. The summed E-state index contributed by atoms with van der Waals surface area (Å²) in [6.45, 7) is 1.29. The molecule has 1 fully saturated rings. The Hall–Kier alpha value is -3.87. The van der Waals surface area contributed by atoms with Crippen molar-refractivity contribution >= 4 is 17.5 Å². The van der Waals surface area contributed by atoms with Crippen molar-refractivity contribution in [1.29, 1.82) is 0 Å². The van der Waals surface area contributed by atoms with Gasteiger partial charge in [-0.15, -0.1) is 0 Å². The van der Waals surface area contributed by atoms with Crippen LogP contribution in [0.15, 0.2) is 72.8 Å². The van der Waals surface area contributed by atoms with Gasteiger partial charge in [-0.2, -0.15) is 0 Å². The molecule has 0 aliphatic carbocycles. The Labute approximate surface area is 198 Å². The molecule has 6 nitrogen and oxygen atoms in total. The van der Waals surface area contributed by atoms with Crippen LogP contribution >= 0.6 is 0 Å². The van der Waals surface area contributed by atoms with Crippen LogP contribution < -0.4 is 14.8 Å².